The number of hydrogen-bond acceptors (Lipinski definition) is 6. The monoisotopic (exact) mass is 396 g/mol. The van der Waals surface area contributed by atoms with Crippen molar-refractivity contribution in [2.75, 3.05) is 0 Å². The van der Waals surface area contributed by atoms with Gasteiger partial charge in [-0.3, -0.25) is 4.84 Å². The lowest BCUT2D eigenvalue weighted by Crippen LogP contribution is -2.09. The molecule has 2 aromatic rings. The molecule has 0 saturated carbocycles. The van der Waals surface area contributed by atoms with Crippen LogP contribution in [-0.4, -0.2) is 23.9 Å². The number of allylic oxidation sites excluding steroid dienone is 1. The molecule has 0 bridgehead atoms. The van der Waals surface area contributed by atoms with Gasteiger partial charge in [-0.15, -0.1) is 0 Å². The van der Waals surface area contributed by atoms with Gasteiger partial charge in [0.2, 0.25) is 5.88 Å². The lowest BCUT2D eigenvalue weighted by Gasteiger charge is -2.12. The van der Waals surface area contributed by atoms with E-state index in [4.69, 9.17) is 23.1 Å². The zero-order valence-electron chi connectivity index (χ0n) is 13.8. The molecule has 0 aliphatic rings. The van der Waals surface area contributed by atoms with Gasteiger partial charge in [-0.2, -0.15) is 8.78 Å². The van der Waals surface area contributed by atoms with Crippen molar-refractivity contribution < 1.29 is 23.1 Å². The quantitative estimate of drug-likeness (QED) is 0.422. The van der Waals surface area contributed by atoms with Gasteiger partial charge in [0.15, 0.2) is 0 Å². The average Bonchev–Trinajstić information content (AvgIpc) is 2.61. The molecule has 1 aromatic heterocycles. The van der Waals surface area contributed by atoms with Gasteiger partial charge in [-0.25, -0.2) is 9.78 Å². The normalized spacial score (nSPS) is 11.8. The second-order valence-electron chi connectivity index (χ2n) is 5.15. The summed E-state index contributed by atoms with van der Waals surface area (Å²) >= 11 is 5.98. The number of oxime groups is 1. The van der Waals surface area contributed by atoms with E-state index in [9.17, 15) is 13.6 Å². The molecular formula is C17H15ClF2N4O3. The van der Waals surface area contributed by atoms with Crippen molar-refractivity contribution in [1.29, 1.82) is 0 Å². The minimum absolute atomic E-state index is 0.234. The summed E-state index contributed by atoms with van der Waals surface area (Å²) in [5, 5.41) is 3.81. The van der Waals surface area contributed by atoms with Crippen LogP contribution in [0.25, 0.3) is 11.1 Å². The van der Waals surface area contributed by atoms with Gasteiger partial charge in [0, 0.05) is 23.2 Å². The first-order valence-electron chi connectivity index (χ1n) is 7.49. The summed E-state index contributed by atoms with van der Waals surface area (Å²) in [7, 11) is 0. The van der Waals surface area contributed by atoms with E-state index < -0.39 is 12.7 Å². The number of hydrogen-bond donors (Lipinski definition) is 2. The molecule has 1 amide bonds. The molecule has 0 fully saturated rings. The zero-order chi connectivity index (χ0) is 19.8. The number of primary amides is 1. The molecule has 27 heavy (non-hydrogen) atoms. The standard InChI is InChI=1S/C17H15ClF2N4O3/c18-13-3-1-2-12(6-13)14-5-10(8-23-15(14)26-16(19)20)4-11(7-21)9-24-27-17(22)25/h1-3,5-9,16H,4,21H2,(H2,22,25). The van der Waals surface area contributed by atoms with Crippen LogP contribution in [0.5, 0.6) is 5.88 Å². The van der Waals surface area contributed by atoms with Crippen LogP contribution >= 0.6 is 11.6 Å². The number of carbonyl (C=O) groups is 1. The van der Waals surface area contributed by atoms with Gasteiger partial charge >= 0.3 is 12.7 Å². The van der Waals surface area contributed by atoms with Crippen LogP contribution in [0.4, 0.5) is 13.6 Å². The molecule has 4 N–H and O–H groups in total. The third-order valence-corrected chi connectivity index (χ3v) is 3.46. The topological polar surface area (TPSA) is 113 Å². The third kappa shape index (κ3) is 6.23. The number of nitrogens with two attached hydrogens (primary N) is 2. The summed E-state index contributed by atoms with van der Waals surface area (Å²) in [6.07, 6.45) is 2.97. The molecule has 0 aliphatic carbocycles. The van der Waals surface area contributed by atoms with Crippen molar-refractivity contribution in [3.63, 3.8) is 0 Å². The van der Waals surface area contributed by atoms with E-state index in [1.807, 2.05) is 0 Å². The van der Waals surface area contributed by atoms with E-state index in [-0.39, 0.29) is 12.3 Å². The third-order valence-electron chi connectivity index (χ3n) is 3.23. The Morgan fingerprint density at radius 3 is 2.78 bits per heavy atom. The van der Waals surface area contributed by atoms with Crippen molar-refractivity contribution >= 4 is 23.9 Å². The van der Waals surface area contributed by atoms with Crippen molar-refractivity contribution in [3.8, 4) is 17.0 Å². The number of nitrogens with zero attached hydrogens (tertiary/aromatic N) is 2. The Bertz CT molecular complexity index is 875. The average molecular weight is 397 g/mol. The van der Waals surface area contributed by atoms with Gasteiger partial charge in [-0.1, -0.05) is 28.9 Å². The van der Waals surface area contributed by atoms with Crippen LogP contribution < -0.4 is 16.2 Å². The van der Waals surface area contributed by atoms with Gasteiger partial charge < -0.3 is 16.2 Å². The first-order valence-corrected chi connectivity index (χ1v) is 7.87. The molecule has 0 aliphatic heterocycles. The first-order chi connectivity index (χ1) is 12.9. The van der Waals surface area contributed by atoms with Crippen molar-refractivity contribution in [2.24, 2.45) is 16.6 Å². The number of alkyl halides is 2. The van der Waals surface area contributed by atoms with Crippen molar-refractivity contribution in [1.82, 2.24) is 4.98 Å². The Morgan fingerprint density at radius 2 is 2.15 bits per heavy atom. The molecule has 7 nitrogen and oxygen atoms in total. The molecule has 2 rings (SSSR count). The number of rotatable bonds is 7. The van der Waals surface area contributed by atoms with Crippen LogP contribution in [0.15, 0.2) is 53.5 Å². The number of aromatic nitrogens is 1. The maximum absolute atomic E-state index is 12.7. The molecular weight excluding hydrogens is 382 g/mol. The van der Waals surface area contributed by atoms with Crippen LogP contribution in [-0.2, 0) is 11.3 Å². The summed E-state index contributed by atoms with van der Waals surface area (Å²) < 4.78 is 29.9. The highest BCUT2D eigenvalue weighted by Gasteiger charge is 2.14. The molecule has 0 radical (unpaired) electrons. The van der Waals surface area contributed by atoms with Crippen molar-refractivity contribution in [2.45, 2.75) is 13.0 Å². The molecule has 1 heterocycles. The van der Waals surface area contributed by atoms with Gasteiger partial charge in [-0.05, 0) is 41.1 Å². The second kappa shape index (κ2) is 9.48. The highest BCUT2D eigenvalue weighted by atomic mass is 35.5. The highest BCUT2D eigenvalue weighted by Crippen LogP contribution is 2.32. The van der Waals surface area contributed by atoms with Crippen LogP contribution in [0, 0.1) is 0 Å². The molecule has 142 valence electrons. The number of carbonyl (C=O) groups excluding carboxylic acids is 1. The zero-order valence-corrected chi connectivity index (χ0v) is 14.6. The van der Waals surface area contributed by atoms with Gasteiger partial charge in [0.1, 0.15) is 0 Å². The lowest BCUT2D eigenvalue weighted by atomic mass is 10.0. The predicted molar refractivity (Wildman–Crippen MR) is 96.4 cm³/mol. The fraction of sp³-hybridized carbons (Fsp3) is 0.118. The number of pyridine rings is 1. The minimum atomic E-state index is -3.03. The minimum Gasteiger partial charge on any atom is -0.416 e. The largest absolute Gasteiger partial charge is 0.430 e. The lowest BCUT2D eigenvalue weighted by molar-refractivity contribution is -0.0524. The fourth-order valence-corrected chi connectivity index (χ4v) is 2.35. The number of halogens is 3. The van der Waals surface area contributed by atoms with Gasteiger partial charge in [0.25, 0.3) is 0 Å². The van der Waals surface area contributed by atoms with Crippen molar-refractivity contribution in [3.05, 3.63) is 58.9 Å². The van der Waals surface area contributed by atoms with E-state index in [0.717, 1.165) is 0 Å². The summed E-state index contributed by atoms with van der Waals surface area (Å²) in [5.74, 6) is -0.236. The molecule has 0 unspecified atom stereocenters. The fourth-order valence-electron chi connectivity index (χ4n) is 2.16. The number of ether oxygens (including phenoxy) is 1. The first kappa shape index (κ1) is 20.1. The molecule has 10 heteroatoms. The number of benzene rings is 1. The molecule has 0 spiro atoms. The Kier molecular flexibility index (Phi) is 7.07. The van der Waals surface area contributed by atoms with Crippen LogP contribution in [0.2, 0.25) is 5.02 Å². The summed E-state index contributed by atoms with van der Waals surface area (Å²) in [6, 6.07) is 8.23. The smallest absolute Gasteiger partial charge is 0.416 e. The molecule has 0 saturated heterocycles. The van der Waals surface area contributed by atoms with Crippen LogP contribution in [0.1, 0.15) is 5.56 Å². The summed E-state index contributed by atoms with van der Waals surface area (Å²) in [5.41, 5.74) is 12.3. The summed E-state index contributed by atoms with van der Waals surface area (Å²) in [4.78, 5) is 18.7. The highest BCUT2D eigenvalue weighted by molar-refractivity contribution is 6.30. The summed E-state index contributed by atoms with van der Waals surface area (Å²) in [6.45, 7) is -3.03. The van der Waals surface area contributed by atoms with E-state index in [0.29, 0.717) is 27.3 Å². The molecule has 1 aromatic carbocycles. The predicted octanol–water partition coefficient (Wildman–Crippen LogP) is 3.47. The Balaban J connectivity index is 2.34. The van der Waals surface area contributed by atoms with E-state index in [2.05, 4.69) is 19.7 Å². The number of amides is 1. The second-order valence-corrected chi connectivity index (χ2v) is 5.58. The maximum atomic E-state index is 12.7. The van der Waals surface area contributed by atoms with E-state index >= 15 is 0 Å². The van der Waals surface area contributed by atoms with Gasteiger partial charge in [0.05, 0.1) is 6.21 Å². The Morgan fingerprint density at radius 1 is 1.37 bits per heavy atom. The Labute approximate surface area is 158 Å². The SMILES string of the molecule is NC=C(C=NOC(N)=O)Cc1cnc(OC(F)F)c(-c2cccc(Cl)c2)c1. The van der Waals surface area contributed by atoms with E-state index in [1.165, 1.54) is 18.6 Å². The van der Waals surface area contributed by atoms with E-state index in [1.54, 1.807) is 30.3 Å². The maximum Gasteiger partial charge on any atom is 0.430 e. The van der Waals surface area contributed by atoms with Crippen LogP contribution in [0.3, 0.4) is 0 Å². The molecule has 0 atom stereocenters. The Hall–Kier alpha value is -3.20.